The maximum Gasteiger partial charge on any atom is 0.127 e. The van der Waals surface area contributed by atoms with Gasteiger partial charge in [0.15, 0.2) is 0 Å². The highest BCUT2D eigenvalue weighted by atomic mass is 16.5. The molecule has 0 aromatic heterocycles. The number of nitrogens with one attached hydrogen (secondary N) is 1. The minimum atomic E-state index is 0.199. The molecule has 82 valence electrons. The Hall–Kier alpha value is -1.22. The molecule has 1 N–H and O–H groups in total. The largest absolute Gasteiger partial charge is 0.491 e. The van der Waals surface area contributed by atoms with E-state index in [1.54, 1.807) is 0 Å². The molecular formula is C12H17NO2. The molecule has 0 radical (unpaired) electrons. The van der Waals surface area contributed by atoms with Crippen molar-refractivity contribution in [3.8, 4) is 11.5 Å². The molecule has 1 aromatic rings. The molecule has 1 atom stereocenters. The highest BCUT2D eigenvalue weighted by Crippen LogP contribution is 2.35. The molecular weight excluding hydrogens is 190 g/mol. The van der Waals surface area contributed by atoms with Crippen molar-refractivity contribution in [1.29, 1.82) is 0 Å². The summed E-state index contributed by atoms with van der Waals surface area (Å²) >= 11 is 0. The Morgan fingerprint density at radius 3 is 2.93 bits per heavy atom. The zero-order valence-electron chi connectivity index (χ0n) is 9.41. The van der Waals surface area contributed by atoms with Gasteiger partial charge in [0.05, 0.1) is 12.1 Å². The molecule has 0 saturated heterocycles. The Balaban J connectivity index is 2.21. The summed E-state index contributed by atoms with van der Waals surface area (Å²) in [6.45, 7) is 4.74. The van der Waals surface area contributed by atoms with E-state index >= 15 is 0 Å². The first-order chi connectivity index (χ1) is 7.20. The van der Waals surface area contributed by atoms with Crippen LogP contribution in [-0.2, 0) is 0 Å². The lowest BCUT2D eigenvalue weighted by molar-refractivity contribution is 0.241. The molecule has 0 amide bonds. The number of fused-ring (bicyclic) bond motifs is 1. The van der Waals surface area contributed by atoms with Gasteiger partial charge in [0, 0.05) is 11.6 Å². The van der Waals surface area contributed by atoms with Crippen molar-refractivity contribution in [2.75, 3.05) is 13.7 Å². The van der Waals surface area contributed by atoms with Gasteiger partial charge in [-0.3, -0.25) is 0 Å². The Morgan fingerprint density at radius 2 is 2.27 bits per heavy atom. The summed E-state index contributed by atoms with van der Waals surface area (Å²) in [6, 6.07) is 6.35. The minimum absolute atomic E-state index is 0.199. The SMILES string of the molecule is CNC1COc2cc(OC(C)C)ccc21. The van der Waals surface area contributed by atoms with Gasteiger partial charge in [0.1, 0.15) is 18.1 Å². The quantitative estimate of drug-likeness (QED) is 0.823. The van der Waals surface area contributed by atoms with E-state index in [9.17, 15) is 0 Å². The molecule has 0 bridgehead atoms. The van der Waals surface area contributed by atoms with Crippen LogP contribution >= 0.6 is 0 Å². The molecule has 1 aliphatic heterocycles. The summed E-state index contributed by atoms with van der Waals surface area (Å²) in [4.78, 5) is 0. The second-order valence-corrected chi connectivity index (χ2v) is 4.02. The predicted molar refractivity (Wildman–Crippen MR) is 59.5 cm³/mol. The number of ether oxygens (including phenoxy) is 2. The van der Waals surface area contributed by atoms with Crippen LogP contribution in [0.5, 0.6) is 11.5 Å². The van der Waals surface area contributed by atoms with Crippen LogP contribution in [0.2, 0.25) is 0 Å². The van der Waals surface area contributed by atoms with Crippen molar-refractivity contribution in [2.24, 2.45) is 0 Å². The van der Waals surface area contributed by atoms with Gasteiger partial charge in [-0.2, -0.15) is 0 Å². The average molecular weight is 207 g/mol. The maximum atomic E-state index is 5.61. The number of hydrogen-bond acceptors (Lipinski definition) is 3. The van der Waals surface area contributed by atoms with Crippen molar-refractivity contribution < 1.29 is 9.47 Å². The molecule has 3 heteroatoms. The van der Waals surface area contributed by atoms with Gasteiger partial charge in [0.25, 0.3) is 0 Å². The van der Waals surface area contributed by atoms with Crippen LogP contribution in [0.1, 0.15) is 25.5 Å². The fourth-order valence-corrected chi connectivity index (χ4v) is 1.77. The first-order valence-electron chi connectivity index (χ1n) is 5.31. The third-order valence-electron chi connectivity index (χ3n) is 2.49. The Morgan fingerprint density at radius 1 is 1.47 bits per heavy atom. The Labute approximate surface area is 90.4 Å². The third kappa shape index (κ3) is 2.07. The van der Waals surface area contributed by atoms with Gasteiger partial charge in [-0.05, 0) is 33.0 Å². The molecule has 1 aromatic carbocycles. The minimum Gasteiger partial charge on any atom is -0.491 e. The zero-order valence-corrected chi connectivity index (χ0v) is 9.41. The standard InChI is InChI=1S/C12H17NO2/c1-8(2)15-9-4-5-10-11(13-3)7-14-12(10)6-9/h4-6,8,11,13H,7H2,1-3H3. The second kappa shape index (κ2) is 4.11. The van der Waals surface area contributed by atoms with E-state index in [0.717, 1.165) is 11.5 Å². The summed E-state index contributed by atoms with van der Waals surface area (Å²) in [6.07, 6.45) is 0.199. The first-order valence-corrected chi connectivity index (χ1v) is 5.31. The monoisotopic (exact) mass is 207 g/mol. The van der Waals surface area contributed by atoms with Crippen LogP contribution in [0.3, 0.4) is 0 Å². The maximum absolute atomic E-state index is 5.61. The molecule has 0 saturated carbocycles. The Kier molecular flexibility index (Phi) is 2.82. The van der Waals surface area contributed by atoms with Crippen LogP contribution in [0, 0.1) is 0 Å². The highest BCUT2D eigenvalue weighted by molar-refractivity contribution is 5.45. The topological polar surface area (TPSA) is 30.5 Å². The van der Waals surface area contributed by atoms with Gasteiger partial charge >= 0.3 is 0 Å². The van der Waals surface area contributed by atoms with E-state index in [1.165, 1.54) is 5.56 Å². The molecule has 2 rings (SSSR count). The average Bonchev–Trinajstić information content (AvgIpc) is 2.58. The van der Waals surface area contributed by atoms with E-state index in [-0.39, 0.29) is 6.10 Å². The van der Waals surface area contributed by atoms with E-state index in [2.05, 4.69) is 11.4 Å². The van der Waals surface area contributed by atoms with E-state index in [4.69, 9.17) is 9.47 Å². The Bertz CT molecular complexity index is 349. The lowest BCUT2D eigenvalue weighted by atomic mass is 10.1. The third-order valence-corrected chi connectivity index (χ3v) is 2.49. The number of likely N-dealkylation sites (N-methyl/N-ethyl adjacent to an activating group) is 1. The predicted octanol–water partition coefficient (Wildman–Crippen LogP) is 2.13. The first kappa shape index (κ1) is 10.3. The fourth-order valence-electron chi connectivity index (χ4n) is 1.77. The van der Waals surface area contributed by atoms with Crippen molar-refractivity contribution in [3.05, 3.63) is 23.8 Å². The molecule has 0 spiro atoms. The summed E-state index contributed by atoms with van der Waals surface area (Å²) in [5.74, 6) is 1.81. The van der Waals surface area contributed by atoms with Gasteiger partial charge < -0.3 is 14.8 Å². The van der Waals surface area contributed by atoms with Crippen LogP contribution in [0.4, 0.5) is 0 Å². The number of hydrogen-bond donors (Lipinski definition) is 1. The van der Waals surface area contributed by atoms with Crippen molar-refractivity contribution in [2.45, 2.75) is 26.0 Å². The summed E-state index contributed by atoms with van der Waals surface area (Å²) in [5, 5.41) is 3.21. The summed E-state index contributed by atoms with van der Waals surface area (Å²) < 4.78 is 11.2. The van der Waals surface area contributed by atoms with E-state index < -0.39 is 0 Å². The molecule has 0 fully saturated rings. The van der Waals surface area contributed by atoms with Crippen LogP contribution in [0.25, 0.3) is 0 Å². The summed E-state index contributed by atoms with van der Waals surface area (Å²) in [7, 11) is 1.95. The van der Waals surface area contributed by atoms with Gasteiger partial charge in [-0.25, -0.2) is 0 Å². The van der Waals surface area contributed by atoms with E-state index in [0.29, 0.717) is 12.6 Å². The van der Waals surface area contributed by atoms with Gasteiger partial charge in [-0.15, -0.1) is 0 Å². The molecule has 3 nitrogen and oxygen atoms in total. The van der Waals surface area contributed by atoms with Crippen molar-refractivity contribution in [3.63, 3.8) is 0 Å². The van der Waals surface area contributed by atoms with Gasteiger partial charge in [-0.1, -0.05) is 0 Å². The second-order valence-electron chi connectivity index (χ2n) is 4.02. The highest BCUT2D eigenvalue weighted by Gasteiger charge is 2.22. The van der Waals surface area contributed by atoms with Gasteiger partial charge in [0.2, 0.25) is 0 Å². The van der Waals surface area contributed by atoms with Crippen molar-refractivity contribution >= 4 is 0 Å². The molecule has 1 aliphatic rings. The zero-order chi connectivity index (χ0) is 10.8. The summed E-state index contributed by atoms with van der Waals surface area (Å²) in [5.41, 5.74) is 1.22. The fraction of sp³-hybridized carbons (Fsp3) is 0.500. The van der Waals surface area contributed by atoms with Crippen LogP contribution in [-0.4, -0.2) is 19.8 Å². The molecule has 1 unspecified atom stereocenters. The van der Waals surface area contributed by atoms with Crippen LogP contribution in [0.15, 0.2) is 18.2 Å². The van der Waals surface area contributed by atoms with E-state index in [1.807, 2.05) is 33.0 Å². The number of rotatable bonds is 3. The van der Waals surface area contributed by atoms with Crippen LogP contribution < -0.4 is 14.8 Å². The smallest absolute Gasteiger partial charge is 0.127 e. The van der Waals surface area contributed by atoms with Crippen molar-refractivity contribution in [1.82, 2.24) is 5.32 Å². The molecule has 1 heterocycles. The normalized spacial score (nSPS) is 18.8. The molecule has 0 aliphatic carbocycles. The lowest BCUT2D eigenvalue weighted by Gasteiger charge is -2.11. The number of benzene rings is 1. The lowest BCUT2D eigenvalue weighted by Crippen LogP contribution is -2.17. The molecule has 15 heavy (non-hydrogen) atoms.